The molecule has 0 aliphatic carbocycles. The van der Waals surface area contributed by atoms with Crippen LogP contribution >= 0.6 is 0 Å². The van der Waals surface area contributed by atoms with Crippen LogP contribution in [0.25, 0.3) is 0 Å². The Morgan fingerprint density at radius 3 is 2.79 bits per heavy atom. The fourth-order valence-electron chi connectivity index (χ4n) is 1.85. The molecule has 0 bridgehead atoms. The highest BCUT2D eigenvalue weighted by Crippen LogP contribution is 2.20. The minimum Gasteiger partial charge on any atom is -0.395 e. The van der Waals surface area contributed by atoms with E-state index < -0.39 is 0 Å². The van der Waals surface area contributed by atoms with Crippen molar-refractivity contribution in [2.24, 2.45) is 0 Å². The number of rotatable bonds is 8. The molecule has 0 unspecified atom stereocenters. The minimum atomic E-state index is 0.0960. The second-order valence-corrected chi connectivity index (χ2v) is 4.70. The highest BCUT2D eigenvalue weighted by molar-refractivity contribution is 5.49. The lowest BCUT2D eigenvalue weighted by Crippen LogP contribution is -2.29. The molecule has 5 heteroatoms. The van der Waals surface area contributed by atoms with Gasteiger partial charge >= 0.3 is 0 Å². The first kappa shape index (κ1) is 15.6. The van der Waals surface area contributed by atoms with Crippen molar-refractivity contribution >= 4 is 5.69 Å². The van der Waals surface area contributed by atoms with Gasteiger partial charge < -0.3 is 15.3 Å². The van der Waals surface area contributed by atoms with Crippen LogP contribution in [-0.4, -0.2) is 41.8 Å². The number of aromatic nitrogens is 2. The molecule has 0 aliphatic heterocycles. The first-order chi connectivity index (χ1) is 9.13. The Bertz CT molecular complexity index is 406. The smallest absolute Gasteiger partial charge is 0.131 e. The van der Waals surface area contributed by atoms with Crippen molar-refractivity contribution in [3.8, 4) is 0 Å². The third kappa shape index (κ3) is 4.29. The van der Waals surface area contributed by atoms with Gasteiger partial charge in [0.05, 0.1) is 24.2 Å². The molecule has 19 heavy (non-hydrogen) atoms. The summed E-state index contributed by atoms with van der Waals surface area (Å²) < 4.78 is 0. The maximum Gasteiger partial charge on any atom is 0.131 e. The van der Waals surface area contributed by atoms with E-state index in [1.54, 1.807) is 0 Å². The van der Waals surface area contributed by atoms with Crippen molar-refractivity contribution < 1.29 is 5.11 Å². The van der Waals surface area contributed by atoms with Crippen LogP contribution in [0.15, 0.2) is 18.9 Å². The summed E-state index contributed by atoms with van der Waals surface area (Å²) >= 11 is 0. The van der Waals surface area contributed by atoms with Gasteiger partial charge in [0.25, 0.3) is 0 Å². The van der Waals surface area contributed by atoms with E-state index in [1.165, 1.54) is 0 Å². The summed E-state index contributed by atoms with van der Waals surface area (Å²) in [6.45, 7) is 9.89. The number of aliphatic hydroxyl groups is 1. The van der Waals surface area contributed by atoms with Gasteiger partial charge in [-0.25, -0.2) is 9.97 Å². The van der Waals surface area contributed by atoms with E-state index in [1.807, 2.05) is 24.2 Å². The predicted molar refractivity (Wildman–Crippen MR) is 78.4 cm³/mol. The molecule has 0 aromatic carbocycles. The summed E-state index contributed by atoms with van der Waals surface area (Å²) in [4.78, 5) is 11.1. The SMILES string of the molecule is C=CCN(CCO)c1cnc(C(C)C)nc1CNC. The molecule has 1 heterocycles. The Morgan fingerprint density at radius 1 is 1.53 bits per heavy atom. The molecule has 0 fully saturated rings. The molecule has 1 aromatic heterocycles. The lowest BCUT2D eigenvalue weighted by atomic mass is 10.2. The van der Waals surface area contributed by atoms with Crippen molar-refractivity contribution in [3.05, 3.63) is 30.4 Å². The molecule has 1 rings (SSSR count). The lowest BCUT2D eigenvalue weighted by molar-refractivity contribution is 0.303. The summed E-state index contributed by atoms with van der Waals surface area (Å²) in [7, 11) is 1.89. The van der Waals surface area contributed by atoms with E-state index in [2.05, 4.69) is 35.7 Å². The molecule has 0 amide bonds. The van der Waals surface area contributed by atoms with Crippen molar-refractivity contribution in [2.75, 3.05) is 31.6 Å². The molecule has 106 valence electrons. The zero-order valence-electron chi connectivity index (χ0n) is 12.1. The zero-order chi connectivity index (χ0) is 14.3. The van der Waals surface area contributed by atoms with Crippen LogP contribution in [0.5, 0.6) is 0 Å². The molecule has 5 nitrogen and oxygen atoms in total. The normalized spacial score (nSPS) is 10.8. The minimum absolute atomic E-state index is 0.0960. The molecule has 0 spiro atoms. The fourth-order valence-corrected chi connectivity index (χ4v) is 1.85. The van der Waals surface area contributed by atoms with Crippen LogP contribution in [0.4, 0.5) is 5.69 Å². The number of hydrogen-bond acceptors (Lipinski definition) is 5. The van der Waals surface area contributed by atoms with E-state index in [0.717, 1.165) is 17.2 Å². The third-order valence-electron chi connectivity index (χ3n) is 2.78. The fraction of sp³-hybridized carbons (Fsp3) is 0.571. The topological polar surface area (TPSA) is 61.3 Å². The van der Waals surface area contributed by atoms with Gasteiger partial charge in [0.15, 0.2) is 0 Å². The number of nitrogens with one attached hydrogen (secondary N) is 1. The molecule has 0 saturated carbocycles. The molecule has 0 aliphatic rings. The van der Waals surface area contributed by atoms with Crippen LogP contribution in [-0.2, 0) is 6.54 Å². The molecular weight excluding hydrogens is 240 g/mol. The van der Waals surface area contributed by atoms with Gasteiger partial charge in [-0.15, -0.1) is 6.58 Å². The molecular formula is C14H24N4O. The van der Waals surface area contributed by atoms with Crippen LogP contribution in [0.2, 0.25) is 0 Å². The van der Waals surface area contributed by atoms with E-state index in [-0.39, 0.29) is 6.61 Å². The number of nitrogens with zero attached hydrogens (tertiary/aromatic N) is 3. The van der Waals surface area contributed by atoms with E-state index in [0.29, 0.717) is 25.6 Å². The predicted octanol–water partition coefficient (Wildman–Crippen LogP) is 1.30. The van der Waals surface area contributed by atoms with E-state index in [9.17, 15) is 0 Å². The Hall–Kier alpha value is -1.46. The Morgan fingerprint density at radius 2 is 2.26 bits per heavy atom. The first-order valence-corrected chi connectivity index (χ1v) is 6.61. The second kappa shape index (κ2) is 7.86. The third-order valence-corrected chi connectivity index (χ3v) is 2.78. The van der Waals surface area contributed by atoms with Gasteiger partial charge in [0.1, 0.15) is 5.82 Å². The standard InChI is InChI=1S/C14H24N4O/c1-5-6-18(7-8-19)13-10-16-14(11(2)3)17-12(13)9-15-4/h5,10-11,15,19H,1,6-9H2,2-4H3. The van der Waals surface area contributed by atoms with Gasteiger partial charge in [-0.05, 0) is 7.05 Å². The summed E-state index contributed by atoms with van der Waals surface area (Å²) in [5.74, 6) is 1.15. The van der Waals surface area contributed by atoms with Crippen LogP contribution in [0.1, 0.15) is 31.3 Å². The average molecular weight is 264 g/mol. The molecule has 1 aromatic rings. The molecule has 0 atom stereocenters. The first-order valence-electron chi connectivity index (χ1n) is 6.61. The highest BCUT2D eigenvalue weighted by Gasteiger charge is 2.14. The van der Waals surface area contributed by atoms with Gasteiger partial charge in [-0.2, -0.15) is 0 Å². The van der Waals surface area contributed by atoms with Crippen LogP contribution < -0.4 is 10.2 Å². The second-order valence-electron chi connectivity index (χ2n) is 4.70. The molecule has 0 radical (unpaired) electrons. The highest BCUT2D eigenvalue weighted by atomic mass is 16.3. The van der Waals surface area contributed by atoms with Gasteiger partial charge in [-0.1, -0.05) is 19.9 Å². The summed E-state index contributed by atoms with van der Waals surface area (Å²) in [6, 6.07) is 0. The average Bonchev–Trinajstić information content (AvgIpc) is 2.39. The quantitative estimate of drug-likeness (QED) is 0.693. The van der Waals surface area contributed by atoms with E-state index in [4.69, 9.17) is 5.11 Å². The Balaban J connectivity index is 3.11. The summed E-state index contributed by atoms with van der Waals surface area (Å²) in [5, 5.41) is 12.3. The number of anilines is 1. The lowest BCUT2D eigenvalue weighted by Gasteiger charge is -2.24. The molecule has 0 saturated heterocycles. The van der Waals surface area contributed by atoms with Crippen molar-refractivity contribution in [1.29, 1.82) is 0 Å². The number of hydrogen-bond donors (Lipinski definition) is 2. The Labute approximate surface area is 115 Å². The van der Waals surface area contributed by atoms with Gasteiger partial charge in [-0.3, -0.25) is 0 Å². The van der Waals surface area contributed by atoms with Crippen molar-refractivity contribution in [1.82, 2.24) is 15.3 Å². The maximum absolute atomic E-state index is 9.16. The number of aliphatic hydroxyl groups excluding tert-OH is 1. The monoisotopic (exact) mass is 264 g/mol. The van der Waals surface area contributed by atoms with Crippen LogP contribution in [0, 0.1) is 0 Å². The largest absolute Gasteiger partial charge is 0.395 e. The Kier molecular flexibility index (Phi) is 6.45. The summed E-state index contributed by atoms with van der Waals surface area (Å²) in [6.07, 6.45) is 3.66. The maximum atomic E-state index is 9.16. The van der Waals surface area contributed by atoms with E-state index >= 15 is 0 Å². The van der Waals surface area contributed by atoms with Crippen LogP contribution in [0.3, 0.4) is 0 Å². The summed E-state index contributed by atoms with van der Waals surface area (Å²) in [5.41, 5.74) is 1.91. The van der Waals surface area contributed by atoms with Gasteiger partial charge in [0, 0.05) is 25.6 Å². The zero-order valence-corrected chi connectivity index (χ0v) is 12.1. The van der Waals surface area contributed by atoms with Crippen molar-refractivity contribution in [2.45, 2.75) is 26.3 Å². The molecule has 2 N–H and O–H groups in total. The van der Waals surface area contributed by atoms with Gasteiger partial charge in [0.2, 0.25) is 0 Å². The van der Waals surface area contributed by atoms with Crippen molar-refractivity contribution in [3.63, 3.8) is 0 Å².